The summed E-state index contributed by atoms with van der Waals surface area (Å²) in [6.07, 6.45) is 4.22. The number of fused-ring (bicyclic) bond motifs is 3. The van der Waals surface area contributed by atoms with Gasteiger partial charge in [0.1, 0.15) is 5.69 Å². The van der Waals surface area contributed by atoms with Crippen LogP contribution >= 0.6 is 0 Å². The minimum atomic E-state index is -3.48. The van der Waals surface area contributed by atoms with Crippen LogP contribution in [-0.4, -0.2) is 31.8 Å². The molecule has 0 saturated carbocycles. The number of hydrogen-bond acceptors (Lipinski definition) is 6. The van der Waals surface area contributed by atoms with Crippen molar-refractivity contribution in [3.8, 4) is 0 Å². The lowest BCUT2D eigenvalue weighted by Crippen LogP contribution is -2.36. The summed E-state index contributed by atoms with van der Waals surface area (Å²) < 4.78 is 29.5. The van der Waals surface area contributed by atoms with Crippen LogP contribution in [0.4, 0.5) is 11.4 Å². The van der Waals surface area contributed by atoms with Gasteiger partial charge in [0, 0.05) is 17.2 Å². The molecule has 2 aromatic carbocycles. The lowest BCUT2D eigenvalue weighted by atomic mass is 9.71. The fourth-order valence-electron chi connectivity index (χ4n) is 4.64. The molecule has 0 amide bonds. The molecule has 0 radical (unpaired) electrons. The smallest absolute Gasteiger partial charge is 0.264 e. The summed E-state index contributed by atoms with van der Waals surface area (Å²) in [5.41, 5.74) is 2.83. The standard InChI is InChI=1S/C24H27N3O4S/c1-3-24(15-9-17-31-32(2,29)30)16-14-21(28)27-20-13-8-7-12-19(20)22(23(24)27)26-25-18-10-5-4-6-11-18/h4-8,10-13H,3,9,14-17H2,1-2H3/t24-/m1/s1. The number of rotatable bonds is 8. The van der Waals surface area contributed by atoms with Gasteiger partial charge in [0.15, 0.2) is 0 Å². The van der Waals surface area contributed by atoms with Gasteiger partial charge in [-0.3, -0.25) is 13.5 Å². The molecule has 1 atom stereocenters. The zero-order chi connectivity index (χ0) is 22.8. The second-order valence-electron chi connectivity index (χ2n) is 8.24. The van der Waals surface area contributed by atoms with Gasteiger partial charge in [-0.15, -0.1) is 5.11 Å². The fourth-order valence-corrected chi connectivity index (χ4v) is 5.06. The van der Waals surface area contributed by atoms with Gasteiger partial charge in [0.2, 0.25) is 5.91 Å². The van der Waals surface area contributed by atoms with Crippen LogP contribution in [0.3, 0.4) is 0 Å². The van der Waals surface area contributed by atoms with Crippen molar-refractivity contribution >= 4 is 38.3 Å². The van der Waals surface area contributed by atoms with E-state index < -0.39 is 10.1 Å². The number of carbonyl (C=O) groups excluding carboxylic acids is 1. The Balaban J connectivity index is 1.82. The van der Waals surface area contributed by atoms with Crippen LogP contribution < -0.4 is 0 Å². The molecule has 7 nitrogen and oxygen atoms in total. The van der Waals surface area contributed by atoms with Crippen molar-refractivity contribution in [3.05, 3.63) is 60.3 Å². The second kappa shape index (κ2) is 8.96. The molecule has 168 valence electrons. The van der Waals surface area contributed by atoms with E-state index in [0.29, 0.717) is 31.4 Å². The summed E-state index contributed by atoms with van der Waals surface area (Å²) in [6, 6.07) is 17.3. The first-order valence-electron chi connectivity index (χ1n) is 10.8. The Hall–Kier alpha value is -2.84. The quantitative estimate of drug-likeness (QED) is 0.241. The average Bonchev–Trinajstić information content (AvgIpc) is 3.13. The Kier molecular flexibility index (Phi) is 6.26. The number of aromatic nitrogens is 1. The second-order valence-corrected chi connectivity index (χ2v) is 9.89. The lowest BCUT2D eigenvalue weighted by molar-refractivity contribution is 0.0848. The monoisotopic (exact) mass is 453 g/mol. The molecule has 0 bridgehead atoms. The van der Waals surface area contributed by atoms with Crippen molar-refractivity contribution < 1.29 is 17.4 Å². The highest BCUT2D eigenvalue weighted by Crippen LogP contribution is 2.49. The summed E-state index contributed by atoms with van der Waals surface area (Å²) >= 11 is 0. The number of nitrogens with zero attached hydrogens (tertiary/aromatic N) is 3. The molecule has 0 spiro atoms. The van der Waals surface area contributed by atoms with Crippen LogP contribution in [-0.2, 0) is 19.7 Å². The van der Waals surface area contributed by atoms with E-state index in [4.69, 9.17) is 4.18 Å². The van der Waals surface area contributed by atoms with Crippen LogP contribution in [0, 0.1) is 0 Å². The summed E-state index contributed by atoms with van der Waals surface area (Å²) in [7, 11) is -3.48. The minimum Gasteiger partial charge on any atom is -0.281 e. The lowest BCUT2D eigenvalue weighted by Gasteiger charge is -2.37. The van der Waals surface area contributed by atoms with Gasteiger partial charge < -0.3 is 0 Å². The van der Waals surface area contributed by atoms with Crippen molar-refractivity contribution in [2.45, 2.75) is 44.4 Å². The van der Waals surface area contributed by atoms with Crippen LogP contribution in [0.25, 0.3) is 10.9 Å². The summed E-state index contributed by atoms with van der Waals surface area (Å²) in [5, 5.41) is 10.00. The highest BCUT2D eigenvalue weighted by molar-refractivity contribution is 7.85. The molecule has 8 heteroatoms. The molecule has 0 N–H and O–H groups in total. The molecular formula is C24H27N3O4S. The van der Waals surface area contributed by atoms with E-state index in [9.17, 15) is 13.2 Å². The first kappa shape index (κ1) is 22.4. The number of hydrogen-bond donors (Lipinski definition) is 0. The normalized spacial score (nSPS) is 19.0. The summed E-state index contributed by atoms with van der Waals surface area (Å²) in [5.74, 6) is 0.0498. The highest BCUT2D eigenvalue weighted by atomic mass is 32.2. The Labute approximate surface area is 188 Å². The maximum Gasteiger partial charge on any atom is 0.264 e. The third-order valence-corrected chi connectivity index (χ3v) is 6.81. The molecule has 0 aliphatic carbocycles. The van der Waals surface area contributed by atoms with Gasteiger partial charge >= 0.3 is 0 Å². The Morgan fingerprint density at radius 2 is 1.78 bits per heavy atom. The summed E-state index contributed by atoms with van der Waals surface area (Å²) in [6.45, 7) is 2.23. The van der Waals surface area contributed by atoms with Crippen molar-refractivity contribution in [2.75, 3.05) is 12.9 Å². The molecule has 0 unspecified atom stereocenters. The molecule has 1 aromatic heterocycles. The molecule has 0 fully saturated rings. The molecular weight excluding hydrogens is 426 g/mol. The van der Waals surface area contributed by atoms with Gasteiger partial charge in [-0.1, -0.05) is 43.3 Å². The zero-order valence-electron chi connectivity index (χ0n) is 18.3. The molecule has 0 saturated heterocycles. The molecule has 32 heavy (non-hydrogen) atoms. The van der Waals surface area contributed by atoms with Gasteiger partial charge in [-0.05, 0) is 43.9 Å². The van der Waals surface area contributed by atoms with E-state index in [0.717, 1.165) is 35.0 Å². The Morgan fingerprint density at radius 3 is 2.50 bits per heavy atom. The first-order valence-corrected chi connectivity index (χ1v) is 12.6. The predicted molar refractivity (Wildman–Crippen MR) is 124 cm³/mol. The SMILES string of the molecule is CC[C@@]1(CCCOS(C)(=O)=O)CCC(=O)n2c1c(N=Nc1ccccc1)c1ccccc12. The maximum absolute atomic E-state index is 13.0. The first-order chi connectivity index (χ1) is 15.3. The van der Waals surface area contributed by atoms with Crippen LogP contribution in [0.15, 0.2) is 64.8 Å². The van der Waals surface area contributed by atoms with Crippen molar-refractivity contribution in [3.63, 3.8) is 0 Å². The van der Waals surface area contributed by atoms with Gasteiger partial charge in [0.25, 0.3) is 10.1 Å². The van der Waals surface area contributed by atoms with E-state index >= 15 is 0 Å². The van der Waals surface area contributed by atoms with Crippen LogP contribution in [0.1, 0.15) is 49.5 Å². The van der Waals surface area contributed by atoms with Gasteiger partial charge in [-0.2, -0.15) is 13.5 Å². The predicted octanol–water partition coefficient (Wildman–Crippen LogP) is 5.89. The molecule has 4 rings (SSSR count). The van der Waals surface area contributed by atoms with Crippen molar-refractivity contribution in [1.82, 2.24) is 4.57 Å². The molecule has 3 aromatic rings. The molecule has 1 aliphatic heterocycles. The Bertz CT molecular complexity index is 1270. The zero-order valence-corrected chi connectivity index (χ0v) is 19.1. The van der Waals surface area contributed by atoms with E-state index in [1.54, 1.807) is 4.57 Å². The number of carbonyl (C=O) groups is 1. The topological polar surface area (TPSA) is 90.1 Å². The third-order valence-electron chi connectivity index (χ3n) is 6.21. The van der Waals surface area contributed by atoms with Crippen LogP contribution in [0.2, 0.25) is 0 Å². The number of para-hydroxylation sites is 1. The van der Waals surface area contributed by atoms with Gasteiger partial charge in [-0.25, -0.2) is 0 Å². The van der Waals surface area contributed by atoms with E-state index in [1.807, 2.05) is 54.6 Å². The van der Waals surface area contributed by atoms with Crippen LogP contribution in [0.5, 0.6) is 0 Å². The largest absolute Gasteiger partial charge is 0.281 e. The number of benzene rings is 2. The highest BCUT2D eigenvalue weighted by Gasteiger charge is 2.42. The van der Waals surface area contributed by atoms with E-state index in [1.165, 1.54) is 0 Å². The van der Waals surface area contributed by atoms with Crippen molar-refractivity contribution in [1.29, 1.82) is 0 Å². The minimum absolute atomic E-state index is 0.0498. The van der Waals surface area contributed by atoms with E-state index in [-0.39, 0.29) is 17.9 Å². The van der Waals surface area contributed by atoms with Crippen molar-refractivity contribution in [2.24, 2.45) is 10.2 Å². The molecule has 1 aliphatic rings. The van der Waals surface area contributed by atoms with E-state index in [2.05, 4.69) is 17.2 Å². The maximum atomic E-state index is 13.0. The molecule has 2 heterocycles. The third kappa shape index (κ3) is 4.38. The number of azo groups is 1. The summed E-state index contributed by atoms with van der Waals surface area (Å²) in [4.78, 5) is 13.0. The average molecular weight is 454 g/mol. The fraction of sp³-hybridized carbons (Fsp3) is 0.375. The Morgan fingerprint density at radius 1 is 1.06 bits per heavy atom. The van der Waals surface area contributed by atoms with Gasteiger partial charge in [0.05, 0.1) is 29.8 Å².